The van der Waals surface area contributed by atoms with Crippen LogP contribution in [0.15, 0.2) is 52.7 Å². The molecule has 0 aliphatic heterocycles. The zero-order valence-electron chi connectivity index (χ0n) is 13.4. The number of hydrogen-bond acceptors (Lipinski definition) is 3. The number of nitrogens with zero attached hydrogens (tertiary/aromatic N) is 1. The van der Waals surface area contributed by atoms with Crippen molar-refractivity contribution in [2.45, 2.75) is 32.6 Å². The van der Waals surface area contributed by atoms with Crippen molar-refractivity contribution in [2.24, 2.45) is 0 Å². The first kappa shape index (κ1) is 14.5. The normalized spacial score (nSPS) is 11.8. The van der Waals surface area contributed by atoms with Crippen molar-refractivity contribution in [2.75, 3.05) is 0 Å². The van der Waals surface area contributed by atoms with E-state index in [1.807, 2.05) is 30.0 Å². The molecule has 2 nitrogen and oxygen atoms in total. The van der Waals surface area contributed by atoms with Crippen molar-refractivity contribution < 1.29 is 4.42 Å². The van der Waals surface area contributed by atoms with Gasteiger partial charge in [-0.1, -0.05) is 32.0 Å². The van der Waals surface area contributed by atoms with Crippen LogP contribution in [0.3, 0.4) is 0 Å². The standard InChI is InChI=1S/C20H19NOS/c1-13(2)18-11-22-20-14(9-21-10-17(18)20)7-8-15-12-23-19-6-4-3-5-16(15)19/h3-6,9-13H,7-8H2,1-2H3. The summed E-state index contributed by atoms with van der Waals surface area (Å²) in [5.74, 6) is 0.453. The van der Waals surface area contributed by atoms with E-state index in [1.54, 1.807) is 0 Å². The Kier molecular flexibility index (Phi) is 3.66. The van der Waals surface area contributed by atoms with Gasteiger partial charge in [-0.3, -0.25) is 4.98 Å². The molecule has 23 heavy (non-hydrogen) atoms. The Bertz CT molecular complexity index is 964. The van der Waals surface area contributed by atoms with E-state index in [4.69, 9.17) is 4.42 Å². The number of thiophene rings is 1. The lowest BCUT2D eigenvalue weighted by molar-refractivity contribution is 0.601. The Morgan fingerprint density at radius 1 is 1.04 bits per heavy atom. The number of fused-ring (bicyclic) bond motifs is 2. The fourth-order valence-electron chi connectivity index (χ4n) is 3.14. The summed E-state index contributed by atoms with van der Waals surface area (Å²) in [7, 11) is 0. The highest BCUT2D eigenvalue weighted by Crippen LogP contribution is 2.31. The molecular formula is C20H19NOS. The molecule has 3 aromatic heterocycles. The predicted molar refractivity (Wildman–Crippen MR) is 97.3 cm³/mol. The summed E-state index contributed by atoms with van der Waals surface area (Å²) in [6, 6.07) is 8.61. The second kappa shape index (κ2) is 5.82. The van der Waals surface area contributed by atoms with Gasteiger partial charge in [0.1, 0.15) is 5.58 Å². The monoisotopic (exact) mass is 321 g/mol. The van der Waals surface area contributed by atoms with Crippen LogP contribution in [0.1, 0.15) is 36.5 Å². The Hall–Kier alpha value is -2.13. The van der Waals surface area contributed by atoms with Gasteiger partial charge in [-0.25, -0.2) is 0 Å². The third-order valence-corrected chi connectivity index (χ3v) is 5.44. The molecule has 4 rings (SSSR count). The van der Waals surface area contributed by atoms with Gasteiger partial charge in [0, 0.05) is 33.6 Å². The fraction of sp³-hybridized carbons (Fsp3) is 0.250. The van der Waals surface area contributed by atoms with E-state index < -0.39 is 0 Å². The molecule has 0 aliphatic carbocycles. The van der Waals surface area contributed by atoms with Crippen molar-refractivity contribution in [1.29, 1.82) is 0 Å². The average molecular weight is 321 g/mol. The second-order valence-electron chi connectivity index (χ2n) is 6.28. The van der Waals surface area contributed by atoms with Crippen LogP contribution < -0.4 is 0 Å². The van der Waals surface area contributed by atoms with Crippen LogP contribution in [-0.2, 0) is 12.8 Å². The first-order chi connectivity index (χ1) is 11.2. The Labute approximate surface area is 139 Å². The Morgan fingerprint density at radius 3 is 2.74 bits per heavy atom. The van der Waals surface area contributed by atoms with E-state index in [2.05, 4.69) is 48.5 Å². The molecule has 0 radical (unpaired) electrons. The maximum atomic E-state index is 5.86. The van der Waals surface area contributed by atoms with Gasteiger partial charge in [0.25, 0.3) is 0 Å². The zero-order valence-corrected chi connectivity index (χ0v) is 14.2. The van der Waals surface area contributed by atoms with Gasteiger partial charge in [0.15, 0.2) is 0 Å². The lowest BCUT2D eigenvalue weighted by atomic mass is 10.0. The van der Waals surface area contributed by atoms with Gasteiger partial charge in [-0.2, -0.15) is 0 Å². The Morgan fingerprint density at radius 2 is 1.87 bits per heavy atom. The van der Waals surface area contributed by atoms with E-state index in [1.165, 1.54) is 26.8 Å². The average Bonchev–Trinajstić information content (AvgIpc) is 3.17. The van der Waals surface area contributed by atoms with Gasteiger partial charge in [-0.15, -0.1) is 11.3 Å². The number of benzene rings is 1. The summed E-state index contributed by atoms with van der Waals surface area (Å²) >= 11 is 1.82. The van der Waals surface area contributed by atoms with E-state index in [9.17, 15) is 0 Å². The number of rotatable bonds is 4. The first-order valence-corrected chi connectivity index (χ1v) is 8.91. The topological polar surface area (TPSA) is 26.0 Å². The molecular weight excluding hydrogens is 302 g/mol. The van der Waals surface area contributed by atoms with E-state index in [-0.39, 0.29) is 0 Å². The number of pyridine rings is 1. The van der Waals surface area contributed by atoms with Crippen molar-refractivity contribution in [1.82, 2.24) is 4.98 Å². The minimum atomic E-state index is 0.453. The van der Waals surface area contributed by atoms with Crippen LogP contribution in [0.25, 0.3) is 21.1 Å². The summed E-state index contributed by atoms with van der Waals surface area (Å²) in [5.41, 5.74) is 4.86. The van der Waals surface area contributed by atoms with Gasteiger partial charge in [-0.05, 0) is 41.2 Å². The summed E-state index contributed by atoms with van der Waals surface area (Å²) in [5, 5.41) is 4.81. The number of aromatic nitrogens is 1. The van der Waals surface area contributed by atoms with Gasteiger partial charge < -0.3 is 4.42 Å². The van der Waals surface area contributed by atoms with Crippen LogP contribution in [-0.4, -0.2) is 4.98 Å². The van der Waals surface area contributed by atoms with E-state index in [0.717, 1.165) is 23.8 Å². The van der Waals surface area contributed by atoms with E-state index >= 15 is 0 Å². The molecule has 0 N–H and O–H groups in total. The molecule has 3 heteroatoms. The second-order valence-corrected chi connectivity index (χ2v) is 7.19. The maximum Gasteiger partial charge on any atom is 0.140 e. The van der Waals surface area contributed by atoms with Crippen molar-refractivity contribution in [3.63, 3.8) is 0 Å². The van der Waals surface area contributed by atoms with Gasteiger partial charge in [0.2, 0.25) is 0 Å². The van der Waals surface area contributed by atoms with Crippen LogP contribution in [0.5, 0.6) is 0 Å². The van der Waals surface area contributed by atoms with Crippen molar-refractivity contribution in [3.8, 4) is 0 Å². The molecule has 0 amide bonds. The zero-order chi connectivity index (χ0) is 15.8. The molecule has 0 spiro atoms. The molecule has 0 atom stereocenters. The summed E-state index contributed by atoms with van der Waals surface area (Å²) in [6.45, 7) is 4.38. The molecule has 0 unspecified atom stereocenters. The molecule has 116 valence electrons. The highest BCUT2D eigenvalue weighted by atomic mass is 32.1. The highest BCUT2D eigenvalue weighted by Gasteiger charge is 2.13. The molecule has 1 aromatic carbocycles. The minimum absolute atomic E-state index is 0.453. The van der Waals surface area contributed by atoms with Crippen molar-refractivity contribution in [3.05, 3.63) is 65.0 Å². The third-order valence-electron chi connectivity index (χ3n) is 4.43. The molecule has 0 bridgehead atoms. The highest BCUT2D eigenvalue weighted by molar-refractivity contribution is 7.17. The van der Waals surface area contributed by atoms with E-state index in [0.29, 0.717) is 5.92 Å². The third kappa shape index (κ3) is 2.55. The van der Waals surface area contributed by atoms with Gasteiger partial charge in [0.05, 0.1) is 6.26 Å². The smallest absolute Gasteiger partial charge is 0.140 e. The van der Waals surface area contributed by atoms with Crippen LogP contribution >= 0.6 is 11.3 Å². The molecule has 0 saturated heterocycles. The van der Waals surface area contributed by atoms with Crippen LogP contribution in [0.4, 0.5) is 0 Å². The van der Waals surface area contributed by atoms with Crippen LogP contribution in [0, 0.1) is 0 Å². The summed E-state index contributed by atoms with van der Waals surface area (Å²) < 4.78 is 7.22. The summed E-state index contributed by atoms with van der Waals surface area (Å²) in [4.78, 5) is 4.43. The van der Waals surface area contributed by atoms with Crippen molar-refractivity contribution >= 4 is 32.4 Å². The molecule has 0 saturated carbocycles. The summed E-state index contributed by atoms with van der Waals surface area (Å²) in [6.07, 6.45) is 7.74. The number of aryl methyl sites for hydroxylation is 2. The van der Waals surface area contributed by atoms with Gasteiger partial charge >= 0.3 is 0 Å². The number of furan rings is 1. The molecule has 0 aliphatic rings. The lowest BCUT2D eigenvalue weighted by Gasteiger charge is -2.04. The molecule has 0 fully saturated rings. The maximum absolute atomic E-state index is 5.86. The predicted octanol–water partition coefficient (Wildman–Crippen LogP) is 5.95. The van der Waals surface area contributed by atoms with Crippen LogP contribution in [0.2, 0.25) is 0 Å². The molecule has 3 heterocycles. The number of hydrogen-bond donors (Lipinski definition) is 0. The molecule has 4 aromatic rings. The largest absolute Gasteiger partial charge is 0.464 e. The lowest BCUT2D eigenvalue weighted by Crippen LogP contribution is -1.93. The fourth-order valence-corrected chi connectivity index (χ4v) is 4.14. The minimum Gasteiger partial charge on any atom is -0.464 e. The SMILES string of the molecule is CC(C)c1coc2c(CCc3csc4ccccc34)cncc12. The Balaban J connectivity index is 1.65. The first-order valence-electron chi connectivity index (χ1n) is 8.03. The quantitative estimate of drug-likeness (QED) is 0.464.